The summed E-state index contributed by atoms with van der Waals surface area (Å²) in [6.45, 7) is 3.26. The number of nitrogens with one attached hydrogen (secondary N) is 1. The molecule has 0 aliphatic carbocycles. The average molecular weight is 230 g/mol. The molecule has 0 saturated carbocycles. The fourth-order valence-electron chi connectivity index (χ4n) is 1.40. The van der Waals surface area contributed by atoms with Crippen LogP contribution in [-0.2, 0) is 0 Å². The van der Waals surface area contributed by atoms with Crippen LogP contribution < -0.4 is 10.1 Å². The number of aliphatic hydroxyl groups excluding tert-OH is 1. The van der Waals surface area contributed by atoms with Gasteiger partial charge in [0.15, 0.2) is 0 Å². The second kappa shape index (κ2) is 5.95. The number of aliphatic hydroxyl groups is 1. The van der Waals surface area contributed by atoms with E-state index in [9.17, 15) is 5.11 Å². The Labute approximate surface area is 95.0 Å². The van der Waals surface area contributed by atoms with Gasteiger partial charge in [0.2, 0.25) is 0 Å². The van der Waals surface area contributed by atoms with E-state index in [1.807, 2.05) is 6.92 Å². The van der Waals surface area contributed by atoms with Gasteiger partial charge in [0.05, 0.1) is 18.2 Å². The summed E-state index contributed by atoms with van der Waals surface area (Å²) in [6, 6.07) is 5.33. The first kappa shape index (κ1) is 12.3. The van der Waals surface area contributed by atoms with E-state index in [1.165, 1.54) is 0 Å². The molecule has 0 fully saturated rings. The summed E-state index contributed by atoms with van der Waals surface area (Å²) in [7, 11) is 1.56. The van der Waals surface area contributed by atoms with Gasteiger partial charge in [-0.3, -0.25) is 0 Å². The molecular weight excluding hydrogens is 214 g/mol. The molecule has 0 spiro atoms. The van der Waals surface area contributed by atoms with Crippen LogP contribution in [0, 0.1) is 0 Å². The van der Waals surface area contributed by atoms with Crippen LogP contribution in [0.25, 0.3) is 0 Å². The smallest absolute Gasteiger partial charge is 0.126 e. The van der Waals surface area contributed by atoms with Crippen molar-refractivity contribution in [3.63, 3.8) is 0 Å². The monoisotopic (exact) mass is 229 g/mol. The number of methoxy groups -OCH3 is 1. The Kier molecular flexibility index (Phi) is 4.88. The quantitative estimate of drug-likeness (QED) is 0.812. The van der Waals surface area contributed by atoms with Gasteiger partial charge in [0, 0.05) is 12.1 Å². The average Bonchev–Trinajstić information content (AvgIpc) is 2.25. The lowest BCUT2D eigenvalue weighted by Crippen LogP contribution is -2.21. The molecule has 0 aliphatic heterocycles. The van der Waals surface area contributed by atoms with E-state index >= 15 is 0 Å². The third kappa shape index (κ3) is 3.09. The molecule has 1 atom stereocenters. The summed E-state index contributed by atoms with van der Waals surface area (Å²) >= 11 is 6.01. The lowest BCUT2D eigenvalue weighted by atomic mass is 10.1. The zero-order chi connectivity index (χ0) is 11.3. The summed E-state index contributed by atoms with van der Waals surface area (Å²) in [5, 5.41) is 13.5. The number of hydrogen-bond acceptors (Lipinski definition) is 3. The lowest BCUT2D eigenvalue weighted by Gasteiger charge is -2.16. The first-order valence-corrected chi connectivity index (χ1v) is 5.29. The van der Waals surface area contributed by atoms with Crippen LogP contribution in [0.15, 0.2) is 18.2 Å². The Hall–Kier alpha value is -0.770. The molecule has 1 aromatic carbocycles. The van der Waals surface area contributed by atoms with Gasteiger partial charge in [-0.25, -0.2) is 0 Å². The van der Waals surface area contributed by atoms with Crippen LogP contribution in [0.5, 0.6) is 5.75 Å². The van der Waals surface area contributed by atoms with Crippen molar-refractivity contribution in [2.24, 2.45) is 0 Å². The van der Waals surface area contributed by atoms with Gasteiger partial charge in [0.1, 0.15) is 5.75 Å². The number of benzene rings is 1. The van der Waals surface area contributed by atoms with Crippen molar-refractivity contribution < 1.29 is 9.84 Å². The van der Waals surface area contributed by atoms with Crippen LogP contribution >= 0.6 is 11.6 Å². The minimum absolute atomic E-state index is 0.469. The first-order chi connectivity index (χ1) is 7.20. The SMILES string of the molecule is CCNCC(O)c1c(Cl)cccc1OC. The molecule has 2 N–H and O–H groups in total. The highest BCUT2D eigenvalue weighted by molar-refractivity contribution is 6.31. The van der Waals surface area contributed by atoms with Crippen LogP contribution in [0.1, 0.15) is 18.6 Å². The van der Waals surface area contributed by atoms with E-state index in [0.29, 0.717) is 22.9 Å². The molecule has 15 heavy (non-hydrogen) atoms. The summed E-state index contributed by atoms with van der Waals surface area (Å²) in [6.07, 6.45) is -0.645. The van der Waals surface area contributed by atoms with E-state index < -0.39 is 6.10 Å². The molecule has 0 bridgehead atoms. The largest absolute Gasteiger partial charge is 0.496 e. The van der Waals surface area contributed by atoms with Crippen molar-refractivity contribution in [2.45, 2.75) is 13.0 Å². The maximum absolute atomic E-state index is 9.92. The zero-order valence-electron chi connectivity index (χ0n) is 8.96. The van der Waals surface area contributed by atoms with Crippen LogP contribution in [0.3, 0.4) is 0 Å². The number of likely N-dealkylation sites (N-methyl/N-ethyl adjacent to an activating group) is 1. The van der Waals surface area contributed by atoms with Crippen LogP contribution in [-0.4, -0.2) is 25.3 Å². The van der Waals surface area contributed by atoms with Gasteiger partial charge in [-0.2, -0.15) is 0 Å². The van der Waals surface area contributed by atoms with Gasteiger partial charge < -0.3 is 15.2 Å². The third-order valence-electron chi connectivity index (χ3n) is 2.15. The van der Waals surface area contributed by atoms with Crippen molar-refractivity contribution >= 4 is 11.6 Å². The minimum Gasteiger partial charge on any atom is -0.496 e. The first-order valence-electron chi connectivity index (χ1n) is 4.91. The summed E-state index contributed by atoms with van der Waals surface area (Å²) in [5.74, 6) is 0.618. The van der Waals surface area contributed by atoms with Gasteiger partial charge in [-0.05, 0) is 18.7 Å². The van der Waals surface area contributed by atoms with Gasteiger partial charge in [0.25, 0.3) is 0 Å². The number of ether oxygens (including phenoxy) is 1. The van der Waals surface area contributed by atoms with E-state index in [2.05, 4.69) is 5.32 Å². The zero-order valence-corrected chi connectivity index (χ0v) is 9.71. The molecule has 1 unspecified atom stereocenters. The highest BCUT2D eigenvalue weighted by Gasteiger charge is 2.16. The van der Waals surface area contributed by atoms with Gasteiger partial charge in [-0.15, -0.1) is 0 Å². The maximum Gasteiger partial charge on any atom is 0.126 e. The fraction of sp³-hybridized carbons (Fsp3) is 0.455. The predicted molar refractivity (Wildman–Crippen MR) is 61.5 cm³/mol. The van der Waals surface area contributed by atoms with Crippen molar-refractivity contribution in [1.29, 1.82) is 0 Å². The van der Waals surface area contributed by atoms with Crippen molar-refractivity contribution in [3.8, 4) is 5.75 Å². The highest BCUT2D eigenvalue weighted by Crippen LogP contribution is 2.31. The number of halogens is 1. The van der Waals surface area contributed by atoms with Crippen LogP contribution in [0.4, 0.5) is 0 Å². The second-order valence-corrected chi connectivity index (χ2v) is 3.59. The Morgan fingerprint density at radius 3 is 2.87 bits per heavy atom. The standard InChI is InChI=1S/C11H16ClNO2/c1-3-13-7-9(14)11-8(12)5-4-6-10(11)15-2/h4-6,9,13-14H,3,7H2,1-2H3. The van der Waals surface area contributed by atoms with Crippen molar-refractivity contribution in [1.82, 2.24) is 5.32 Å². The highest BCUT2D eigenvalue weighted by atomic mass is 35.5. The minimum atomic E-state index is -0.645. The second-order valence-electron chi connectivity index (χ2n) is 3.18. The molecule has 0 saturated heterocycles. The van der Waals surface area contributed by atoms with Crippen LogP contribution in [0.2, 0.25) is 5.02 Å². The Balaban J connectivity index is 2.90. The predicted octanol–water partition coefficient (Wildman–Crippen LogP) is 1.99. The Morgan fingerprint density at radius 2 is 2.27 bits per heavy atom. The number of hydrogen-bond donors (Lipinski definition) is 2. The van der Waals surface area contributed by atoms with E-state index in [-0.39, 0.29) is 0 Å². The molecule has 0 aromatic heterocycles. The van der Waals surface area contributed by atoms with E-state index in [0.717, 1.165) is 6.54 Å². The molecule has 1 rings (SSSR count). The summed E-state index contributed by atoms with van der Waals surface area (Å²) in [4.78, 5) is 0. The summed E-state index contributed by atoms with van der Waals surface area (Å²) in [5.41, 5.74) is 0.641. The van der Waals surface area contributed by atoms with E-state index in [1.54, 1.807) is 25.3 Å². The molecule has 3 nitrogen and oxygen atoms in total. The molecule has 4 heteroatoms. The van der Waals surface area contributed by atoms with Crippen molar-refractivity contribution in [2.75, 3.05) is 20.2 Å². The van der Waals surface area contributed by atoms with Gasteiger partial charge in [-0.1, -0.05) is 24.6 Å². The fourth-order valence-corrected chi connectivity index (χ4v) is 1.69. The molecule has 0 aliphatic rings. The van der Waals surface area contributed by atoms with Crippen molar-refractivity contribution in [3.05, 3.63) is 28.8 Å². The topological polar surface area (TPSA) is 41.5 Å². The molecule has 0 amide bonds. The molecular formula is C11H16ClNO2. The Bertz CT molecular complexity index is 317. The lowest BCUT2D eigenvalue weighted by molar-refractivity contribution is 0.171. The molecule has 1 aromatic rings. The molecule has 0 radical (unpaired) electrons. The maximum atomic E-state index is 9.92. The normalized spacial score (nSPS) is 12.5. The Morgan fingerprint density at radius 1 is 1.53 bits per heavy atom. The summed E-state index contributed by atoms with van der Waals surface area (Å²) < 4.78 is 5.16. The van der Waals surface area contributed by atoms with Gasteiger partial charge >= 0.3 is 0 Å². The third-order valence-corrected chi connectivity index (χ3v) is 2.48. The van der Waals surface area contributed by atoms with E-state index in [4.69, 9.17) is 16.3 Å². The molecule has 0 heterocycles. The molecule has 84 valence electrons. The number of rotatable bonds is 5.